The average molecular weight is 291 g/mol. The minimum atomic E-state index is 0.164. The van der Waals surface area contributed by atoms with Crippen LogP contribution in [0.5, 0.6) is 0 Å². The predicted molar refractivity (Wildman–Crippen MR) is 82.0 cm³/mol. The molecule has 1 unspecified atom stereocenters. The van der Waals surface area contributed by atoms with Crippen LogP contribution in [0.3, 0.4) is 0 Å². The van der Waals surface area contributed by atoms with Crippen molar-refractivity contribution < 1.29 is 9.90 Å². The van der Waals surface area contributed by atoms with Gasteiger partial charge in [0.05, 0.1) is 13.0 Å². The van der Waals surface area contributed by atoms with Crippen molar-refractivity contribution >= 4 is 5.91 Å². The number of piperazine rings is 1. The fourth-order valence-electron chi connectivity index (χ4n) is 2.73. The maximum absolute atomic E-state index is 12.3. The van der Waals surface area contributed by atoms with E-state index < -0.39 is 0 Å². The molecule has 5 heteroatoms. The zero-order chi connectivity index (χ0) is 15.2. The first kappa shape index (κ1) is 15.9. The van der Waals surface area contributed by atoms with Crippen LogP contribution in [0, 0.1) is 6.92 Å². The summed E-state index contributed by atoms with van der Waals surface area (Å²) in [6.07, 6.45) is 3.15. The summed E-state index contributed by atoms with van der Waals surface area (Å²) in [7, 11) is 0. The molecule has 0 bridgehead atoms. The summed E-state index contributed by atoms with van der Waals surface area (Å²) >= 11 is 0. The van der Waals surface area contributed by atoms with E-state index in [1.54, 1.807) is 6.20 Å². The van der Waals surface area contributed by atoms with E-state index in [2.05, 4.69) is 16.8 Å². The molecule has 1 fully saturated rings. The summed E-state index contributed by atoms with van der Waals surface area (Å²) in [4.78, 5) is 20.7. The van der Waals surface area contributed by atoms with Gasteiger partial charge < -0.3 is 10.0 Å². The van der Waals surface area contributed by atoms with Gasteiger partial charge in [0.25, 0.3) is 0 Å². The van der Waals surface area contributed by atoms with E-state index in [0.29, 0.717) is 6.42 Å². The molecular formula is C16H25N3O2. The molecule has 0 saturated carbocycles. The van der Waals surface area contributed by atoms with Gasteiger partial charge in [-0.25, -0.2) is 0 Å². The molecule has 1 aromatic heterocycles. The van der Waals surface area contributed by atoms with Gasteiger partial charge in [0.15, 0.2) is 0 Å². The number of nitrogens with zero attached hydrogens (tertiary/aromatic N) is 3. The van der Waals surface area contributed by atoms with Gasteiger partial charge in [-0.2, -0.15) is 0 Å². The van der Waals surface area contributed by atoms with Gasteiger partial charge in [0.2, 0.25) is 5.91 Å². The van der Waals surface area contributed by atoms with Gasteiger partial charge in [-0.3, -0.25) is 14.7 Å². The van der Waals surface area contributed by atoms with Gasteiger partial charge in [0, 0.05) is 44.1 Å². The first-order valence-corrected chi connectivity index (χ1v) is 7.68. The Balaban J connectivity index is 1.84. The first-order chi connectivity index (χ1) is 10.1. The topological polar surface area (TPSA) is 56.7 Å². The van der Waals surface area contributed by atoms with E-state index in [9.17, 15) is 9.90 Å². The molecule has 1 atom stereocenters. The van der Waals surface area contributed by atoms with Crippen molar-refractivity contribution in [2.45, 2.75) is 32.7 Å². The average Bonchev–Trinajstić information content (AvgIpc) is 2.51. The van der Waals surface area contributed by atoms with E-state index in [1.807, 2.05) is 24.0 Å². The van der Waals surface area contributed by atoms with Gasteiger partial charge in [-0.05, 0) is 25.0 Å². The zero-order valence-corrected chi connectivity index (χ0v) is 13.0. The highest BCUT2D eigenvalue weighted by Gasteiger charge is 2.24. The number of aryl methyl sites for hydroxylation is 1. The molecule has 1 aromatic rings. The zero-order valence-electron chi connectivity index (χ0n) is 13.0. The van der Waals surface area contributed by atoms with Crippen LogP contribution in [0.4, 0.5) is 0 Å². The number of aliphatic hydroxyl groups excluding tert-OH is 1. The lowest BCUT2D eigenvalue weighted by Crippen LogP contribution is -2.53. The number of hydrogen-bond donors (Lipinski definition) is 1. The molecule has 1 saturated heterocycles. The highest BCUT2D eigenvalue weighted by Crippen LogP contribution is 2.11. The largest absolute Gasteiger partial charge is 0.395 e. The normalized spacial score (nSPS) is 17.8. The second-order valence-corrected chi connectivity index (χ2v) is 5.65. The van der Waals surface area contributed by atoms with Crippen molar-refractivity contribution in [2.75, 3.05) is 32.8 Å². The Kier molecular flexibility index (Phi) is 5.70. The van der Waals surface area contributed by atoms with Crippen LogP contribution in [0.25, 0.3) is 0 Å². The van der Waals surface area contributed by atoms with Crippen LogP contribution < -0.4 is 0 Å². The van der Waals surface area contributed by atoms with Crippen molar-refractivity contribution in [1.29, 1.82) is 0 Å². The van der Waals surface area contributed by atoms with E-state index in [0.717, 1.165) is 43.9 Å². The molecule has 1 N–H and O–H groups in total. The van der Waals surface area contributed by atoms with Crippen molar-refractivity contribution in [2.24, 2.45) is 0 Å². The standard InChI is InChI=1S/C16H25N3O2/c1-3-15(12-20)18-6-8-19(9-7-18)16(21)10-14-5-4-13(2)17-11-14/h4-5,11,15,20H,3,6-10,12H2,1-2H3. The molecule has 0 aliphatic carbocycles. The molecular weight excluding hydrogens is 266 g/mol. The van der Waals surface area contributed by atoms with E-state index in [-0.39, 0.29) is 18.6 Å². The third-order valence-electron chi connectivity index (χ3n) is 4.19. The Morgan fingerprint density at radius 1 is 1.33 bits per heavy atom. The molecule has 0 aromatic carbocycles. The van der Waals surface area contributed by atoms with Crippen LogP contribution in [-0.4, -0.2) is 64.6 Å². The van der Waals surface area contributed by atoms with Crippen LogP contribution in [0.1, 0.15) is 24.6 Å². The number of aliphatic hydroxyl groups is 1. The van der Waals surface area contributed by atoms with Crippen molar-refractivity contribution in [1.82, 2.24) is 14.8 Å². The van der Waals surface area contributed by atoms with Crippen molar-refractivity contribution in [3.8, 4) is 0 Å². The smallest absolute Gasteiger partial charge is 0.227 e. The lowest BCUT2D eigenvalue weighted by molar-refractivity contribution is -0.132. The van der Waals surface area contributed by atoms with Crippen LogP contribution in [0.15, 0.2) is 18.3 Å². The number of carbonyl (C=O) groups excluding carboxylic acids is 1. The molecule has 1 aliphatic heterocycles. The third-order valence-corrected chi connectivity index (χ3v) is 4.19. The number of amides is 1. The highest BCUT2D eigenvalue weighted by atomic mass is 16.3. The fraction of sp³-hybridized carbons (Fsp3) is 0.625. The van der Waals surface area contributed by atoms with Crippen LogP contribution in [0.2, 0.25) is 0 Å². The molecule has 0 radical (unpaired) electrons. The van der Waals surface area contributed by atoms with Crippen LogP contribution in [-0.2, 0) is 11.2 Å². The molecule has 1 amide bonds. The van der Waals surface area contributed by atoms with Gasteiger partial charge in [0.1, 0.15) is 0 Å². The van der Waals surface area contributed by atoms with E-state index in [4.69, 9.17) is 0 Å². The number of hydrogen-bond acceptors (Lipinski definition) is 4. The molecule has 2 rings (SSSR count). The van der Waals surface area contributed by atoms with Crippen molar-refractivity contribution in [3.05, 3.63) is 29.6 Å². The molecule has 21 heavy (non-hydrogen) atoms. The van der Waals surface area contributed by atoms with E-state index in [1.165, 1.54) is 0 Å². The second-order valence-electron chi connectivity index (χ2n) is 5.65. The quantitative estimate of drug-likeness (QED) is 0.874. The summed E-state index contributed by atoms with van der Waals surface area (Å²) in [5.41, 5.74) is 1.93. The lowest BCUT2D eigenvalue weighted by Gasteiger charge is -2.38. The number of aromatic nitrogens is 1. The Morgan fingerprint density at radius 2 is 2.05 bits per heavy atom. The molecule has 0 spiro atoms. The molecule has 2 heterocycles. The number of pyridine rings is 1. The monoisotopic (exact) mass is 291 g/mol. The Bertz CT molecular complexity index is 449. The summed E-state index contributed by atoms with van der Waals surface area (Å²) in [5.74, 6) is 0.164. The number of carbonyl (C=O) groups is 1. The Morgan fingerprint density at radius 3 is 2.57 bits per heavy atom. The first-order valence-electron chi connectivity index (χ1n) is 7.68. The van der Waals surface area contributed by atoms with Gasteiger partial charge in [-0.1, -0.05) is 13.0 Å². The molecule has 116 valence electrons. The summed E-state index contributed by atoms with van der Waals surface area (Å²) in [6.45, 7) is 7.40. The summed E-state index contributed by atoms with van der Waals surface area (Å²) in [6, 6.07) is 4.13. The Labute approximate surface area is 126 Å². The summed E-state index contributed by atoms with van der Waals surface area (Å²) < 4.78 is 0. The van der Waals surface area contributed by atoms with Gasteiger partial charge in [-0.15, -0.1) is 0 Å². The minimum absolute atomic E-state index is 0.164. The highest BCUT2D eigenvalue weighted by molar-refractivity contribution is 5.78. The van der Waals surface area contributed by atoms with E-state index >= 15 is 0 Å². The third kappa shape index (κ3) is 4.25. The summed E-state index contributed by atoms with van der Waals surface area (Å²) in [5, 5.41) is 9.34. The predicted octanol–water partition coefficient (Wildman–Crippen LogP) is 0.848. The minimum Gasteiger partial charge on any atom is -0.395 e. The van der Waals surface area contributed by atoms with Crippen molar-refractivity contribution in [3.63, 3.8) is 0 Å². The molecule has 5 nitrogen and oxygen atoms in total. The lowest BCUT2D eigenvalue weighted by atomic mass is 10.1. The Hall–Kier alpha value is -1.46. The SMILES string of the molecule is CCC(CO)N1CCN(C(=O)Cc2ccc(C)nc2)CC1. The maximum atomic E-state index is 12.3. The second kappa shape index (κ2) is 7.52. The van der Waals surface area contributed by atoms with Gasteiger partial charge >= 0.3 is 0 Å². The van der Waals surface area contributed by atoms with Crippen LogP contribution >= 0.6 is 0 Å². The fourth-order valence-corrected chi connectivity index (χ4v) is 2.73. The molecule has 1 aliphatic rings. The number of rotatable bonds is 5. The maximum Gasteiger partial charge on any atom is 0.227 e.